The number of hydrogen-bond donors (Lipinski definition) is 4. The van der Waals surface area contributed by atoms with Gasteiger partial charge in [0.15, 0.2) is 0 Å². The van der Waals surface area contributed by atoms with E-state index < -0.39 is 0 Å². The minimum atomic E-state index is -0.163. The molecule has 1 aliphatic heterocycles. The van der Waals surface area contributed by atoms with Crippen LogP contribution >= 0.6 is 45.3 Å². The molecule has 8 aromatic rings. The second-order valence-electron chi connectivity index (χ2n) is 20.5. The molecule has 0 radical (unpaired) electrons. The Kier molecular flexibility index (Phi) is 14.3. The highest BCUT2D eigenvalue weighted by Crippen LogP contribution is 2.53. The van der Waals surface area contributed by atoms with Gasteiger partial charge in [0, 0.05) is 117 Å². The van der Waals surface area contributed by atoms with Gasteiger partial charge in [0.25, 0.3) is 0 Å². The molecule has 9 heterocycles. The van der Waals surface area contributed by atoms with Crippen molar-refractivity contribution in [2.24, 2.45) is 0 Å². The summed E-state index contributed by atoms with van der Waals surface area (Å²) < 4.78 is 0. The number of hydrogen-bond acceptors (Lipinski definition) is 4. The summed E-state index contributed by atoms with van der Waals surface area (Å²) in [5.41, 5.74) is 9.89. The Labute approximate surface area is 436 Å². The maximum atomic E-state index is 4.17. The van der Waals surface area contributed by atoms with Crippen molar-refractivity contribution in [1.82, 2.24) is 19.9 Å². The molecule has 0 aromatic carbocycles. The number of rotatable bonds is 12. The predicted molar refractivity (Wildman–Crippen MR) is 307 cm³/mol. The van der Waals surface area contributed by atoms with Crippen LogP contribution in [0.2, 0.25) is 0 Å². The van der Waals surface area contributed by atoms with E-state index in [4.69, 9.17) is 0 Å². The van der Waals surface area contributed by atoms with Crippen molar-refractivity contribution in [2.45, 2.75) is 193 Å². The summed E-state index contributed by atoms with van der Waals surface area (Å²) in [5.74, 6) is 0. The van der Waals surface area contributed by atoms with Crippen LogP contribution in [0, 0.1) is 0 Å². The fraction of sp³-hybridized carbons (Fsp3) is 0.484. The Balaban J connectivity index is 1.23. The number of fused-ring (bicyclic) bond motifs is 18. The zero-order chi connectivity index (χ0) is 49.7. The minimum absolute atomic E-state index is 0.105. The summed E-state index contributed by atoms with van der Waals surface area (Å²) in [6.45, 7) is 28.6. The quantitative estimate of drug-likeness (QED) is 0.0943. The maximum absolute atomic E-state index is 4.17. The third-order valence-corrected chi connectivity index (χ3v) is 24.5. The van der Waals surface area contributed by atoms with Crippen molar-refractivity contribution >= 4 is 45.3 Å². The van der Waals surface area contributed by atoms with Crippen molar-refractivity contribution in [2.75, 3.05) is 0 Å². The van der Waals surface area contributed by atoms with Crippen molar-refractivity contribution in [1.29, 1.82) is 0 Å². The van der Waals surface area contributed by atoms with Crippen LogP contribution < -0.4 is 0 Å². The molecule has 0 fully saturated rings. The van der Waals surface area contributed by atoms with E-state index in [9.17, 15) is 0 Å². The molecule has 16 bridgehead atoms. The summed E-state index contributed by atoms with van der Waals surface area (Å²) in [7, 11) is 0. The highest BCUT2D eigenvalue weighted by Gasteiger charge is 2.43. The van der Waals surface area contributed by atoms with Crippen molar-refractivity contribution < 1.29 is 0 Å². The molecule has 0 saturated carbocycles. The number of aromatic nitrogens is 4. The molecule has 8 aromatic heterocycles. The monoisotopic (exact) mass is 1010 g/mol. The van der Waals surface area contributed by atoms with E-state index in [1.54, 1.807) is 0 Å². The molecule has 0 unspecified atom stereocenters. The van der Waals surface area contributed by atoms with Crippen LogP contribution in [0.5, 0.6) is 0 Å². The maximum Gasteiger partial charge on any atom is 0.0498 e. The SMILES string of the molecule is CCC1(CC)c2ccc([nH]2)C(CC)(CC)c2ccc(s2)-c2ccc(s2)C(CC)(CC)c2ccc([nH]2)C(CC)(CC)c2ccc([nH]2)C(CC)(CC)c2ccc(s2)-c2ccc(s2)C(CC)(CC)c2ccc1[nH]2. The summed E-state index contributed by atoms with van der Waals surface area (Å²) in [6, 6.07) is 38.8. The highest BCUT2D eigenvalue weighted by atomic mass is 32.1. The zero-order valence-corrected chi connectivity index (χ0v) is 47.6. The lowest BCUT2D eigenvalue weighted by Crippen LogP contribution is -2.30. The first-order valence-corrected chi connectivity index (χ1v) is 30.4. The van der Waals surface area contributed by atoms with E-state index in [0.717, 1.165) is 77.0 Å². The number of nitrogens with one attached hydrogen (secondary N) is 4. The highest BCUT2D eigenvalue weighted by molar-refractivity contribution is 7.23. The van der Waals surface area contributed by atoms with Gasteiger partial charge in [0.1, 0.15) is 0 Å². The van der Waals surface area contributed by atoms with Crippen molar-refractivity contribution in [3.8, 4) is 19.5 Å². The fourth-order valence-electron chi connectivity index (χ4n) is 13.5. The van der Waals surface area contributed by atoms with Crippen LogP contribution in [0.1, 0.15) is 225 Å². The Morgan fingerprint density at radius 2 is 0.386 bits per heavy atom. The largest absolute Gasteiger partial charge is 0.361 e. The molecule has 4 N–H and O–H groups in total. The van der Waals surface area contributed by atoms with Crippen LogP contribution in [0.4, 0.5) is 0 Å². The molecule has 0 aliphatic carbocycles. The van der Waals surface area contributed by atoms with E-state index >= 15 is 0 Å². The average molecular weight is 1010 g/mol. The summed E-state index contributed by atoms with van der Waals surface area (Å²) in [5, 5.41) is 0. The van der Waals surface area contributed by atoms with Gasteiger partial charge in [-0.25, -0.2) is 0 Å². The molecule has 0 amide bonds. The van der Waals surface area contributed by atoms with Crippen LogP contribution in [-0.2, 0) is 32.5 Å². The summed E-state index contributed by atoms with van der Waals surface area (Å²) in [4.78, 5) is 27.9. The Morgan fingerprint density at radius 1 is 0.229 bits per heavy atom. The molecule has 70 heavy (non-hydrogen) atoms. The van der Waals surface area contributed by atoms with Gasteiger partial charge in [-0.2, -0.15) is 0 Å². The first-order chi connectivity index (χ1) is 33.9. The smallest absolute Gasteiger partial charge is 0.0498 e. The lowest BCUT2D eigenvalue weighted by molar-refractivity contribution is 0.434. The molecule has 0 atom stereocenters. The van der Waals surface area contributed by atoms with Gasteiger partial charge in [-0.05, 0) is 174 Å². The van der Waals surface area contributed by atoms with Crippen LogP contribution in [0.25, 0.3) is 19.5 Å². The van der Waals surface area contributed by atoms with Gasteiger partial charge < -0.3 is 19.9 Å². The molecular weight excluding hydrogens is 929 g/mol. The van der Waals surface area contributed by atoms with Crippen LogP contribution in [-0.4, -0.2) is 19.9 Å². The van der Waals surface area contributed by atoms with E-state index in [-0.39, 0.29) is 32.5 Å². The van der Waals surface area contributed by atoms with Crippen LogP contribution in [0.3, 0.4) is 0 Å². The molecule has 8 heteroatoms. The Morgan fingerprint density at radius 3 is 0.543 bits per heavy atom. The molecule has 9 rings (SSSR count). The molecule has 372 valence electrons. The van der Waals surface area contributed by atoms with E-state index in [1.807, 2.05) is 45.3 Å². The minimum Gasteiger partial charge on any atom is -0.361 e. The van der Waals surface area contributed by atoms with E-state index in [1.165, 1.54) is 84.6 Å². The summed E-state index contributed by atoms with van der Waals surface area (Å²) >= 11 is 8.00. The Hall–Kier alpha value is -4.08. The fourth-order valence-corrected chi connectivity index (χ4v) is 19.1. The summed E-state index contributed by atoms with van der Waals surface area (Å²) in [6.07, 6.45) is 12.3. The standard InChI is InChI=1S/C62H80N4S4/c1-13-57(14-2)45-29-33-49(63-45)59(17-5,18-6)53-37-25-41(67-53)43-27-39-55(69-43)61(21-9,22-10)51-35-31-47(65-51)58(15-3,16-4)48-32-36-52(66-48)62(23-11,24-12)56-40-28-44(70-56)42-26-38-54(68-42)60(19-7,20-8)50-34-30-46(57)64-50/h25-40,63-66H,13-24H2,1-12H3. The normalized spacial score (nSPS) is 17.7. The van der Waals surface area contributed by atoms with E-state index in [0.29, 0.717) is 0 Å². The molecule has 0 spiro atoms. The third-order valence-electron chi connectivity index (χ3n) is 18.9. The first-order valence-electron chi connectivity index (χ1n) is 27.1. The zero-order valence-electron chi connectivity index (χ0n) is 44.4. The van der Waals surface area contributed by atoms with Gasteiger partial charge in [-0.15, -0.1) is 45.3 Å². The van der Waals surface area contributed by atoms with Crippen molar-refractivity contribution in [3.63, 3.8) is 0 Å². The second-order valence-corrected chi connectivity index (χ2v) is 24.9. The molecular formula is C62H80N4S4. The van der Waals surface area contributed by atoms with E-state index in [2.05, 4.69) is 200 Å². The lowest BCUT2D eigenvalue weighted by atomic mass is 9.76. The van der Waals surface area contributed by atoms with Gasteiger partial charge in [0.05, 0.1) is 0 Å². The first kappa shape index (κ1) is 50.8. The lowest BCUT2D eigenvalue weighted by Gasteiger charge is -2.34. The Bertz CT molecular complexity index is 2580. The number of H-pyrrole nitrogens is 4. The van der Waals surface area contributed by atoms with Gasteiger partial charge in [0.2, 0.25) is 0 Å². The molecule has 4 nitrogen and oxygen atoms in total. The van der Waals surface area contributed by atoms with Gasteiger partial charge in [-0.1, -0.05) is 83.1 Å². The third kappa shape index (κ3) is 7.48. The molecule has 1 aliphatic rings. The van der Waals surface area contributed by atoms with Crippen LogP contribution in [0.15, 0.2) is 97.1 Å². The predicted octanol–water partition coefficient (Wildman–Crippen LogP) is 19.5. The number of aromatic amines is 4. The van der Waals surface area contributed by atoms with Crippen molar-refractivity contribution in [3.05, 3.63) is 162 Å². The average Bonchev–Trinajstić information content (AvgIpc) is 4.24. The number of thiophene rings is 4. The topological polar surface area (TPSA) is 63.2 Å². The molecule has 0 saturated heterocycles. The van der Waals surface area contributed by atoms with Gasteiger partial charge in [-0.3, -0.25) is 0 Å². The van der Waals surface area contributed by atoms with Gasteiger partial charge >= 0.3 is 0 Å². The second kappa shape index (κ2) is 19.7.